The second-order valence-electron chi connectivity index (χ2n) is 4.41. The van der Waals surface area contributed by atoms with Crippen molar-refractivity contribution in [1.82, 2.24) is 4.57 Å². The highest BCUT2D eigenvalue weighted by Gasteiger charge is 2.05. The van der Waals surface area contributed by atoms with E-state index in [1.165, 1.54) is 0 Å². The lowest BCUT2D eigenvalue weighted by Crippen LogP contribution is -2.16. The highest BCUT2D eigenvalue weighted by molar-refractivity contribution is 7.07. The molecular weight excluding hydrogens is 287 g/mol. The third kappa shape index (κ3) is 3.16. The number of benzene rings is 1. The molecule has 2 rings (SSSR count). The molecule has 96 valence electrons. The normalized spacial score (nSPS) is 12.4. The zero-order valence-electron chi connectivity index (χ0n) is 10.2. The van der Waals surface area contributed by atoms with Gasteiger partial charge in [0.2, 0.25) is 0 Å². The molecule has 0 amide bonds. The molecule has 1 heterocycles. The maximum atomic E-state index is 6.12. The van der Waals surface area contributed by atoms with Crippen molar-refractivity contribution in [3.05, 3.63) is 44.6 Å². The molecule has 0 bridgehead atoms. The Morgan fingerprint density at radius 1 is 1.28 bits per heavy atom. The zero-order valence-corrected chi connectivity index (χ0v) is 12.6. The molecule has 2 aromatic rings. The van der Waals surface area contributed by atoms with Crippen molar-refractivity contribution in [2.75, 3.05) is 0 Å². The molecule has 0 unspecified atom stereocenters. The van der Waals surface area contributed by atoms with E-state index in [2.05, 4.69) is 23.4 Å². The molecule has 0 aliphatic heterocycles. The van der Waals surface area contributed by atoms with E-state index >= 15 is 0 Å². The van der Waals surface area contributed by atoms with Gasteiger partial charge in [-0.3, -0.25) is 0 Å². The number of nitrogens with zero attached hydrogens (tertiary/aromatic N) is 2. The first-order chi connectivity index (χ1) is 8.58. The summed E-state index contributed by atoms with van der Waals surface area (Å²) in [5, 5.41) is 3.17. The lowest BCUT2D eigenvalue weighted by Gasteiger charge is -2.06. The van der Waals surface area contributed by atoms with Gasteiger partial charge < -0.3 is 4.57 Å². The molecule has 0 N–H and O–H groups in total. The van der Waals surface area contributed by atoms with Crippen LogP contribution in [-0.4, -0.2) is 4.57 Å². The Morgan fingerprint density at radius 2 is 1.94 bits per heavy atom. The molecule has 5 heteroatoms. The minimum atomic E-state index is 0.570. The summed E-state index contributed by atoms with van der Waals surface area (Å²) in [5.74, 6) is 0.570. The average Bonchev–Trinajstić information content (AvgIpc) is 2.70. The topological polar surface area (TPSA) is 17.3 Å². The largest absolute Gasteiger partial charge is 0.323 e. The molecule has 0 atom stereocenters. The van der Waals surface area contributed by atoms with Gasteiger partial charge in [0.1, 0.15) is 5.69 Å². The molecule has 18 heavy (non-hydrogen) atoms. The third-order valence-electron chi connectivity index (χ3n) is 2.37. The first kappa shape index (κ1) is 13.7. The Kier molecular flexibility index (Phi) is 4.49. The highest BCUT2D eigenvalue weighted by Crippen LogP contribution is 2.32. The molecule has 0 spiro atoms. The molecule has 0 fully saturated rings. The molecular formula is C13H14Cl2N2S. The fourth-order valence-electron chi connectivity index (χ4n) is 1.61. The van der Waals surface area contributed by atoms with Crippen LogP contribution >= 0.6 is 34.5 Å². The van der Waals surface area contributed by atoms with E-state index in [0.29, 0.717) is 21.7 Å². The summed E-state index contributed by atoms with van der Waals surface area (Å²) in [4.78, 5) is 5.49. The Bertz CT molecular complexity index is 579. The molecule has 0 aliphatic rings. The predicted octanol–water partition coefficient (Wildman–Crippen LogP) is 4.74. The number of hydrogen-bond donors (Lipinski definition) is 0. The van der Waals surface area contributed by atoms with Gasteiger partial charge in [0, 0.05) is 18.1 Å². The summed E-state index contributed by atoms with van der Waals surface area (Å²) in [5.41, 5.74) is 0.640. The van der Waals surface area contributed by atoms with Crippen molar-refractivity contribution in [3.8, 4) is 0 Å². The summed E-state index contributed by atoms with van der Waals surface area (Å²) >= 11 is 13.8. The van der Waals surface area contributed by atoms with E-state index in [0.717, 1.165) is 11.3 Å². The quantitative estimate of drug-likeness (QED) is 0.779. The van der Waals surface area contributed by atoms with Crippen molar-refractivity contribution in [2.45, 2.75) is 20.4 Å². The van der Waals surface area contributed by atoms with Crippen LogP contribution in [0.5, 0.6) is 0 Å². The molecule has 1 aromatic carbocycles. The molecule has 0 aliphatic carbocycles. The number of hydrogen-bond acceptors (Lipinski definition) is 2. The number of thiazole rings is 1. The van der Waals surface area contributed by atoms with Crippen molar-refractivity contribution >= 4 is 40.2 Å². The van der Waals surface area contributed by atoms with E-state index in [1.54, 1.807) is 23.5 Å². The van der Waals surface area contributed by atoms with Crippen LogP contribution in [0.1, 0.15) is 13.8 Å². The highest BCUT2D eigenvalue weighted by atomic mass is 35.5. The molecule has 2 nitrogen and oxygen atoms in total. The van der Waals surface area contributed by atoms with Crippen molar-refractivity contribution in [1.29, 1.82) is 0 Å². The molecule has 0 radical (unpaired) electrons. The van der Waals surface area contributed by atoms with E-state index in [-0.39, 0.29) is 0 Å². The number of rotatable bonds is 3. The summed E-state index contributed by atoms with van der Waals surface area (Å²) in [6.45, 7) is 5.29. The Hall–Kier alpha value is -0.770. The van der Waals surface area contributed by atoms with Crippen molar-refractivity contribution < 1.29 is 0 Å². The maximum absolute atomic E-state index is 6.12. The standard InChI is InChI=1S/C13H14Cl2N2S/c1-9(2)8-17-6-7-18-13(17)16-12-10(14)4-3-5-11(12)15/h3-7,9H,8H2,1-2H3. The molecule has 0 saturated heterocycles. The van der Waals surface area contributed by atoms with Crippen molar-refractivity contribution in [2.24, 2.45) is 10.9 Å². The lowest BCUT2D eigenvalue weighted by molar-refractivity contribution is 0.514. The van der Waals surface area contributed by atoms with Gasteiger partial charge in [-0.2, -0.15) is 0 Å². The monoisotopic (exact) mass is 300 g/mol. The third-order valence-corrected chi connectivity index (χ3v) is 3.77. The summed E-state index contributed by atoms with van der Waals surface area (Å²) in [6.07, 6.45) is 2.04. The molecule has 1 aromatic heterocycles. The average molecular weight is 301 g/mol. The Labute approximate surface area is 121 Å². The smallest absolute Gasteiger partial charge is 0.189 e. The first-order valence-electron chi connectivity index (χ1n) is 5.70. The predicted molar refractivity (Wildman–Crippen MR) is 78.8 cm³/mol. The van der Waals surface area contributed by atoms with Gasteiger partial charge in [-0.1, -0.05) is 43.1 Å². The minimum Gasteiger partial charge on any atom is -0.323 e. The van der Waals surface area contributed by atoms with Crippen LogP contribution in [-0.2, 0) is 6.54 Å². The Morgan fingerprint density at radius 3 is 2.56 bits per heavy atom. The summed E-state index contributed by atoms with van der Waals surface area (Å²) in [7, 11) is 0. The van der Waals surface area contributed by atoms with Gasteiger partial charge >= 0.3 is 0 Å². The Balaban J connectivity index is 2.48. The fraction of sp³-hybridized carbons (Fsp3) is 0.308. The van der Waals surface area contributed by atoms with E-state index in [4.69, 9.17) is 23.2 Å². The number of aromatic nitrogens is 1. The number of halogens is 2. The van der Waals surface area contributed by atoms with Gasteiger partial charge in [-0.25, -0.2) is 4.99 Å². The SMILES string of the molecule is CC(C)Cn1ccsc1=Nc1c(Cl)cccc1Cl. The summed E-state index contributed by atoms with van der Waals surface area (Å²) in [6, 6.07) is 5.42. The van der Waals surface area contributed by atoms with Crippen LogP contribution in [0.4, 0.5) is 5.69 Å². The number of para-hydroxylation sites is 1. The van der Waals surface area contributed by atoms with Crippen LogP contribution in [0.2, 0.25) is 10.0 Å². The van der Waals surface area contributed by atoms with E-state index in [1.807, 2.05) is 17.6 Å². The van der Waals surface area contributed by atoms with Gasteiger partial charge in [-0.15, -0.1) is 11.3 Å². The van der Waals surface area contributed by atoms with Crippen LogP contribution in [0, 0.1) is 5.92 Å². The molecule has 0 saturated carbocycles. The van der Waals surface area contributed by atoms with E-state index in [9.17, 15) is 0 Å². The van der Waals surface area contributed by atoms with Gasteiger partial charge in [-0.05, 0) is 18.1 Å². The second-order valence-corrected chi connectivity index (χ2v) is 6.10. The van der Waals surface area contributed by atoms with Gasteiger partial charge in [0.15, 0.2) is 4.80 Å². The fourth-order valence-corrected chi connectivity index (χ4v) is 2.84. The summed E-state index contributed by atoms with van der Waals surface area (Å²) < 4.78 is 2.12. The first-order valence-corrected chi connectivity index (χ1v) is 7.34. The lowest BCUT2D eigenvalue weighted by atomic mass is 10.2. The van der Waals surface area contributed by atoms with Gasteiger partial charge in [0.25, 0.3) is 0 Å². The van der Waals surface area contributed by atoms with Crippen LogP contribution in [0.25, 0.3) is 0 Å². The van der Waals surface area contributed by atoms with Crippen LogP contribution in [0.3, 0.4) is 0 Å². The van der Waals surface area contributed by atoms with Gasteiger partial charge in [0.05, 0.1) is 10.0 Å². The van der Waals surface area contributed by atoms with Crippen LogP contribution in [0.15, 0.2) is 34.8 Å². The second kappa shape index (κ2) is 5.91. The minimum absolute atomic E-state index is 0.570. The maximum Gasteiger partial charge on any atom is 0.189 e. The van der Waals surface area contributed by atoms with E-state index < -0.39 is 0 Å². The zero-order chi connectivity index (χ0) is 13.1. The van der Waals surface area contributed by atoms with Crippen LogP contribution < -0.4 is 4.80 Å². The van der Waals surface area contributed by atoms with Crippen molar-refractivity contribution in [3.63, 3.8) is 0 Å².